The number of carbonyl (C=O) groups is 3. The molecule has 0 saturated carbocycles. The Labute approximate surface area is 465 Å². The number of hydrogen-bond donors (Lipinski definition) is 0. The Morgan fingerprint density at radius 3 is 0.987 bits per heavy atom. The molecule has 0 radical (unpaired) electrons. The van der Waals surface area contributed by atoms with Gasteiger partial charge in [0.25, 0.3) is 0 Å². The number of esters is 2. The van der Waals surface area contributed by atoms with Gasteiger partial charge in [0.05, 0.1) is 40.3 Å². The highest BCUT2D eigenvalue weighted by Crippen LogP contribution is 2.18. The monoisotopic (exact) mass is 1060 g/mol. The standard InChI is InChI=1S/C66H127NO8/c1-6-8-10-12-14-16-18-20-22-24-26-28-29-30-31-32-33-34-35-37-39-41-43-45-47-49-51-53-55-57-64(69)75-62(61-74-66(65(70)71)72-59-58-67(3,4)5)60-73-63(68)56-54-52-50-48-46-44-42-40-38-36-27-25-23-21-19-17-15-13-11-9-7-2/h24,26,62,66H,6-23,25,27-61H2,1-5H3/b26-24-. The molecular formula is C66H127NO8. The van der Waals surface area contributed by atoms with Crippen molar-refractivity contribution in [2.45, 2.75) is 347 Å². The SMILES string of the molecule is CCCCCCCCCC/C=C\CCCCCCCCCCCCCCCCCCCC(=O)OC(COC(=O)CCCCCCCCCCCCCCCCCCCCCCC)COC(OCC[N+](C)(C)C)C(=O)[O-]. The Hall–Kier alpha value is -1.97. The molecule has 444 valence electrons. The molecule has 0 aromatic heterocycles. The van der Waals surface area contributed by atoms with Gasteiger partial charge in [-0.1, -0.05) is 296 Å². The van der Waals surface area contributed by atoms with Crippen LogP contribution in [0, 0.1) is 0 Å². The summed E-state index contributed by atoms with van der Waals surface area (Å²) in [5, 5.41) is 11.8. The molecule has 0 aromatic rings. The maximum absolute atomic E-state index is 12.9. The van der Waals surface area contributed by atoms with Gasteiger partial charge in [0.2, 0.25) is 0 Å². The predicted molar refractivity (Wildman–Crippen MR) is 316 cm³/mol. The van der Waals surface area contributed by atoms with Gasteiger partial charge in [-0.3, -0.25) is 9.59 Å². The topological polar surface area (TPSA) is 111 Å². The van der Waals surface area contributed by atoms with Crippen LogP contribution in [0.3, 0.4) is 0 Å². The zero-order valence-electron chi connectivity index (χ0n) is 50.7. The Kier molecular flexibility index (Phi) is 56.7. The van der Waals surface area contributed by atoms with Crippen molar-refractivity contribution in [1.29, 1.82) is 0 Å². The van der Waals surface area contributed by atoms with Crippen molar-refractivity contribution in [3.8, 4) is 0 Å². The van der Waals surface area contributed by atoms with Crippen LogP contribution < -0.4 is 5.11 Å². The molecule has 0 aromatic carbocycles. The lowest BCUT2D eigenvalue weighted by Crippen LogP contribution is -2.44. The number of carbonyl (C=O) groups excluding carboxylic acids is 3. The van der Waals surface area contributed by atoms with Gasteiger partial charge in [0, 0.05) is 12.8 Å². The number of ether oxygens (including phenoxy) is 4. The van der Waals surface area contributed by atoms with Crippen molar-refractivity contribution < 1.29 is 42.9 Å². The van der Waals surface area contributed by atoms with Gasteiger partial charge in [0.1, 0.15) is 13.2 Å². The molecule has 0 bridgehead atoms. The zero-order chi connectivity index (χ0) is 54.8. The fourth-order valence-corrected chi connectivity index (χ4v) is 9.95. The second kappa shape index (κ2) is 58.2. The van der Waals surface area contributed by atoms with Crippen molar-refractivity contribution in [1.82, 2.24) is 0 Å². The highest BCUT2D eigenvalue weighted by Gasteiger charge is 2.22. The van der Waals surface area contributed by atoms with Crippen molar-refractivity contribution in [3.63, 3.8) is 0 Å². The molecule has 2 atom stereocenters. The number of carboxylic acids is 1. The van der Waals surface area contributed by atoms with E-state index in [0.29, 0.717) is 17.4 Å². The fourth-order valence-electron chi connectivity index (χ4n) is 9.95. The fraction of sp³-hybridized carbons (Fsp3) is 0.924. The summed E-state index contributed by atoms with van der Waals surface area (Å²) in [5.41, 5.74) is 0. The molecule has 2 unspecified atom stereocenters. The molecule has 0 aliphatic carbocycles. The molecule has 0 rings (SSSR count). The molecule has 0 aliphatic rings. The third-order valence-electron chi connectivity index (χ3n) is 15.0. The number of aliphatic carboxylic acids is 1. The molecule has 0 N–H and O–H groups in total. The number of nitrogens with zero attached hydrogens (tertiary/aromatic N) is 1. The van der Waals surface area contributed by atoms with Crippen LogP contribution in [0.2, 0.25) is 0 Å². The number of allylic oxidation sites excluding steroid dienone is 2. The smallest absolute Gasteiger partial charge is 0.306 e. The van der Waals surface area contributed by atoms with Crippen molar-refractivity contribution >= 4 is 17.9 Å². The van der Waals surface area contributed by atoms with Gasteiger partial charge >= 0.3 is 11.9 Å². The minimum atomic E-state index is -1.62. The number of unbranched alkanes of at least 4 members (excludes halogenated alkanes) is 45. The Bertz CT molecular complexity index is 1240. The highest BCUT2D eigenvalue weighted by atomic mass is 16.7. The Balaban J connectivity index is 4.09. The van der Waals surface area contributed by atoms with E-state index < -0.39 is 24.3 Å². The van der Waals surface area contributed by atoms with Crippen LogP contribution in [0.25, 0.3) is 0 Å². The van der Waals surface area contributed by atoms with Gasteiger partial charge in [0.15, 0.2) is 12.4 Å². The van der Waals surface area contributed by atoms with Crippen LogP contribution in [0.4, 0.5) is 0 Å². The first-order valence-electron chi connectivity index (χ1n) is 32.8. The Morgan fingerprint density at radius 2 is 0.680 bits per heavy atom. The third-order valence-corrected chi connectivity index (χ3v) is 15.0. The highest BCUT2D eigenvalue weighted by molar-refractivity contribution is 5.70. The van der Waals surface area contributed by atoms with Crippen LogP contribution in [0.15, 0.2) is 12.2 Å². The van der Waals surface area contributed by atoms with E-state index in [4.69, 9.17) is 18.9 Å². The van der Waals surface area contributed by atoms with E-state index in [1.807, 2.05) is 21.1 Å². The molecule has 0 saturated heterocycles. The van der Waals surface area contributed by atoms with Crippen LogP contribution in [0.1, 0.15) is 335 Å². The van der Waals surface area contributed by atoms with Gasteiger partial charge in [-0.25, -0.2) is 0 Å². The number of quaternary nitrogens is 1. The summed E-state index contributed by atoms with van der Waals surface area (Å²) < 4.78 is 22.8. The van der Waals surface area contributed by atoms with Crippen LogP contribution in [0.5, 0.6) is 0 Å². The molecule has 0 spiro atoms. The van der Waals surface area contributed by atoms with Gasteiger partial charge in [-0.05, 0) is 38.5 Å². The lowest BCUT2D eigenvalue weighted by molar-refractivity contribution is -0.870. The first-order valence-corrected chi connectivity index (χ1v) is 32.8. The zero-order valence-corrected chi connectivity index (χ0v) is 50.7. The minimum absolute atomic E-state index is 0.152. The number of rotatable bonds is 62. The van der Waals surface area contributed by atoms with E-state index in [1.54, 1.807) is 0 Å². The summed E-state index contributed by atoms with van der Waals surface area (Å²) in [5.74, 6) is -2.25. The molecule has 0 amide bonds. The van der Waals surface area contributed by atoms with E-state index in [2.05, 4.69) is 26.0 Å². The number of likely N-dealkylation sites (N-methyl/N-ethyl adjacent to an activating group) is 1. The molecule has 0 aliphatic heterocycles. The third kappa shape index (κ3) is 59.5. The summed E-state index contributed by atoms with van der Waals surface area (Å²) in [7, 11) is 5.94. The minimum Gasteiger partial charge on any atom is -0.545 e. The first-order chi connectivity index (χ1) is 36.6. The molecule has 0 heterocycles. The Morgan fingerprint density at radius 1 is 0.387 bits per heavy atom. The normalized spacial score (nSPS) is 12.7. The second-order valence-electron chi connectivity index (χ2n) is 23.8. The lowest BCUT2D eigenvalue weighted by Gasteiger charge is -2.26. The summed E-state index contributed by atoms with van der Waals surface area (Å²) in [6.45, 7) is 4.82. The number of carboxylic acid groups (broad SMARTS) is 1. The number of hydrogen-bond acceptors (Lipinski definition) is 8. The van der Waals surface area contributed by atoms with Crippen molar-refractivity contribution in [2.75, 3.05) is 47.5 Å². The van der Waals surface area contributed by atoms with Crippen LogP contribution in [-0.2, 0) is 33.3 Å². The van der Waals surface area contributed by atoms with Crippen LogP contribution >= 0.6 is 0 Å². The lowest BCUT2D eigenvalue weighted by atomic mass is 10.0. The molecule has 9 heteroatoms. The molecule has 75 heavy (non-hydrogen) atoms. The van der Waals surface area contributed by atoms with E-state index in [-0.39, 0.29) is 32.2 Å². The molecule has 0 fully saturated rings. The van der Waals surface area contributed by atoms with Gasteiger partial charge in [-0.2, -0.15) is 0 Å². The summed E-state index contributed by atoms with van der Waals surface area (Å²) in [6.07, 6.45) is 65.7. The summed E-state index contributed by atoms with van der Waals surface area (Å²) in [6, 6.07) is 0. The average molecular weight is 1060 g/mol. The second-order valence-corrected chi connectivity index (χ2v) is 23.8. The van der Waals surface area contributed by atoms with Crippen LogP contribution in [-0.4, -0.2) is 82.3 Å². The maximum atomic E-state index is 12.9. The first kappa shape index (κ1) is 73.0. The quantitative estimate of drug-likeness (QED) is 0.0195. The van der Waals surface area contributed by atoms with E-state index in [0.717, 1.165) is 38.5 Å². The molecule has 9 nitrogen and oxygen atoms in total. The summed E-state index contributed by atoms with van der Waals surface area (Å²) >= 11 is 0. The summed E-state index contributed by atoms with van der Waals surface area (Å²) in [4.78, 5) is 37.4. The van der Waals surface area contributed by atoms with E-state index >= 15 is 0 Å². The van der Waals surface area contributed by atoms with Gasteiger partial charge < -0.3 is 33.3 Å². The van der Waals surface area contributed by atoms with Gasteiger partial charge in [-0.15, -0.1) is 0 Å². The van der Waals surface area contributed by atoms with E-state index in [9.17, 15) is 19.5 Å². The van der Waals surface area contributed by atoms with E-state index in [1.165, 1.54) is 270 Å². The molecular weight excluding hydrogens is 935 g/mol. The van der Waals surface area contributed by atoms with Crippen molar-refractivity contribution in [3.05, 3.63) is 12.2 Å². The maximum Gasteiger partial charge on any atom is 0.306 e. The average Bonchev–Trinajstić information content (AvgIpc) is 3.38. The largest absolute Gasteiger partial charge is 0.545 e. The predicted octanol–water partition coefficient (Wildman–Crippen LogP) is 18.4. The van der Waals surface area contributed by atoms with Crippen molar-refractivity contribution in [2.24, 2.45) is 0 Å².